The van der Waals surface area contributed by atoms with Crippen LogP contribution >= 0.6 is 11.3 Å². The van der Waals surface area contributed by atoms with Gasteiger partial charge in [-0.15, -0.1) is 11.3 Å². The van der Waals surface area contributed by atoms with Gasteiger partial charge < -0.3 is 5.32 Å². The highest BCUT2D eigenvalue weighted by molar-refractivity contribution is 7.91. The van der Waals surface area contributed by atoms with Gasteiger partial charge >= 0.3 is 0 Å². The van der Waals surface area contributed by atoms with Gasteiger partial charge in [-0.3, -0.25) is 0 Å². The molecule has 0 fully saturated rings. The average molecular weight is 286 g/mol. The van der Waals surface area contributed by atoms with Crippen LogP contribution in [0.2, 0.25) is 0 Å². The van der Waals surface area contributed by atoms with Gasteiger partial charge in [0.1, 0.15) is 4.21 Å². The van der Waals surface area contributed by atoms with E-state index in [1.807, 2.05) is 19.9 Å². The predicted molar refractivity (Wildman–Crippen MR) is 74.6 cm³/mol. The summed E-state index contributed by atoms with van der Waals surface area (Å²) in [6.07, 6.45) is 2.96. The van der Waals surface area contributed by atoms with Crippen molar-refractivity contribution in [1.29, 1.82) is 0 Å². The number of sulfonamides is 1. The van der Waals surface area contributed by atoms with Crippen molar-refractivity contribution >= 4 is 21.4 Å². The second-order valence-electron chi connectivity index (χ2n) is 4.47. The Hall–Kier alpha value is -0.690. The Kier molecular flexibility index (Phi) is 4.21. The number of thiophene rings is 1. The molecule has 0 aliphatic carbocycles. The molecule has 2 heterocycles. The molecule has 0 radical (unpaired) electrons. The van der Waals surface area contributed by atoms with Crippen molar-refractivity contribution in [2.45, 2.75) is 24.5 Å². The molecule has 4 nitrogen and oxygen atoms in total. The largest absolute Gasteiger partial charge is 0.313 e. The third-order valence-electron chi connectivity index (χ3n) is 2.89. The third kappa shape index (κ3) is 3.20. The Balaban J connectivity index is 2.08. The van der Waals surface area contributed by atoms with Gasteiger partial charge in [0.05, 0.1) is 0 Å². The lowest BCUT2D eigenvalue weighted by Crippen LogP contribution is -2.29. The van der Waals surface area contributed by atoms with Crippen molar-refractivity contribution in [2.75, 3.05) is 19.6 Å². The summed E-state index contributed by atoms with van der Waals surface area (Å²) >= 11 is 1.33. The summed E-state index contributed by atoms with van der Waals surface area (Å²) in [5, 5.41) is 3.20. The van der Waals surface area contributed by atoms with Crippen LogP contribution in [-0.4, -0.2) is 28.1 Å². The van der Waals surface area contributed by atoms with E-state index < -0.39 is 10.0 Å². The van der Waals surface area contributed by atoms with Gasteiger partial charge in [-0.05, 0) is 38.4 Å². The fourth-order valence-electron chi connectivity index (χ4n) is 1.97. The summed E-state index contributed by atoms with van der Waals surface area (Å²) in [5.41, 5.74) is 1.98. The van der Waals surface area contributed by atoms with E-state index in [4.69, 9.17) is 0 Å². The van der Waals surface area contributed by atoms with Crippen LogP contribution in [0, 0.1) is 13.8 Å². The Morgan fingerprint density at radius 3 is 2.78 bits per heavy atom. The van der Waals surface area contributed by atoms with E-state index in [9.17, 15) is 8.42 Å². The van der Waals surface area contributed by atoms with E-state index >= 15 is 0 Å². The van der Waals surface area contributed by atoms with Crippen LogP contribution in [0.3, 0.4) is 0 Å². The molecule has 1 aliphatic rings. The second kappa shape index (κ2) is 5.52. The molecule has 18 heavy (non-hydrogen) atoms. The number of hydrogen-bond donors (Lipinski definition) is 2. The fourth-order valence-corrected chi connectivity index (χ4v) is 4.72. The van der Waals surface area contributed by atoms with Crippen LogP contribution < -0.4 is 10.0 Å². The van der Waals surface area contributed by atoms with E-state index in [1.165, 1.54) is 11.3 Å². The zero-order chi connectivity index (χ0) is 13.2. The van der Waals surface area contributed by atoms with Crippen LogP contribution in [0.25, 0.3) is 0 Å². The molecule has 1 aliphatic heterocycles. The smallest absolute Gasteiger partial charge is 0.250 e. The van der Waals surface area contributed by atoms with Crippen molar-refractivity contribution in [3.63, 3.8) is 0 Å². The first kappa shape index (κ1) is 13.7. The molecule has 0 bridgehead atoms. The lowest BCUT2D eigenvalue weighted by Gasteiger charge is -2.14. The molecular weight excluding hydrogens is 268 g/mol. The predicted octanol–water partition coefficient (Wildman–Crippen LogP) is 1.56. The molecule has 6 heteroatoms. The first-order valence-corrected chi connectivity index (χ1v) is 8.24. The normalized spacial score (nSPS) is 16.7. The van der Waals surface area contributed by atoms with E-state index in [0.717, 1.165) is 35.5 Å². The summed E-state index contributed by atoms with van der Waals surface area (Å²) in [6, 6.07) is 1.91. The minimum Gasteiger partial charge on any atom is -0.313 e. The van der Waals surface area contributed by atoms with Crippen LogP contribution in [0.5, 0.6) is 0 Å². The Morgan fingerprint density at radius 2 is 2.22 bits per heavy atom. The van der Waals surface area contributed by atoms with Crippen molar-refractivity contribution in [3.8, 4) is 0 Å². The molecule has 0 unspecified atom stereocenters. The molecule has 0 spiro atoms. The molecule has 100 valence electrons. The Morgan fingerprint density at radius 1 is 1.44 bits per heavy atom. The molecule has 0 amide bonds. The van der Waals surface area contributed by atoms with Crippen molar-refractivity contribution in [2.24, 2.45) is 0 Å². The molecule has 0 aromatic carbocycles. The van der Waals surface area contributed by atoms with Gasteiger partial charge in [0.2, 0.25) is 0 Å². The zero-order valence-corrected chi connectivity index (χ0v) is 12.2. The molecule has 0 saturated carbocycles. The highest BCUT2D eigenvalue weighted by Crippen LogP contribution is 2.25. The van der Waals surface area contributed by atoms with Crippen LogP contribution in [0.4, 0.5) is 0 Å². The minimum atomic E-state index is -3.36. The summed E-state index contributed by atoms with van der Waals surface area (Å²) in [7, 11) is -3.36. The van der Waals surface area contributed by atoms with E-state index in [0.29, 0.717) is 10.8 Å². The van der Waals surface area contributed by atoms with Crippen molar-refractivity contribution in [1.82, 2.24) is 10.0 Å². The molecule has 1 aromatic rings. The van der Waals surface area contributed by atoms with Gasteiger partial charge in [0.15, 0.2) is 0 Å². The fraction of sp³-hybridized carbons (Fsp3) is 0.500. The van der Waals surface area contributed by atoms with Gasteiger partial charge in [0.25, 0.3) is 10.0 Å². The monoisotopic (exact) mass is 286 g/mol. The lowest BCUT2D eigenvalue weighted by atomic mass is 10.1. The number of aryl methyl sites for hydroxylation is 2. The Bertz CT molecular complexity index is 559. The molecular formula is C12H18N2O2S2. The van der Waals surface area contributed by atoms with E-state index in [-0.39, 0.29) is 0 Å². The Labute approximate surface area is 112 Å². The zero-order valence-electron chi connectivity index (χ0n) is 10.6. The quantitative estimate of drug-likeness (QED) is 0.826. The summed E-state index contributed by atoms with van der Waals surface area (Å²) in [6.45, 7) is 5.92. The van der Waals surface area contributed by atoms with Gasteiger partial charge in [-0.1, -0.05) is 11.6 Å². The van der Waals surface area contributed by atoms with Crippen molar-refractivity contribution < 1.29 is 8.42 Å². The van der Waals surface area contributed by atoms with Crippen molar-refractivity contribution in [3.05, 3.63) is 28.2 Å². The number of nitrogens with one attached hydrogen (secondary N) is 2. The minimum absolute atomic E-state index is 0.417. The van der Waals surface area contributed by atoms with Crippen LogP contribution in [0.1, 0.15) is 16.9 Å². The second-order valence-corrected chi connectivity index (χ2v) is 7.69. The number of hydrogen-bond acceptors (Lipinski definition) is 4. The summed E-state index contributed by atoms with van der Waals surface area (Å²) < 4.78 is 27.5. The first-order chi connectivity index (χ1) is 8.49. The molecule has 2 rings (SSSR count). The van der Waals surface area contributed by atoms with Crippen LogP contribution in [-0.2, 0) is 10.0 Å². The van der Waals surface area contributed by atoms with Gasteiger partial charge in [0, 0.05) is 18.0 Å². The highest BCUT2D eigenvalue weighted by Gasteiger charge is 2.19. The highest BCUT2D eigenvalue weighted by atomic mass is 32.2. The standard InChI is InChI=1S/C12H18N2O2S2/c1-9-7-10(2)17-12(9)18(15,16)14-8-11-3-5-13-6-4-11/h3,7,13-14H,4-6,8H2,1-2H3. The maximum Gasteiger partial charge on any atom is 0.250 e. The first-order valence-electron chi connectivity index (χ1n) is 5.94. The van der Waals surface area contributed by atoms with Gasteiger partial charge in [-0.2, -0.15) is 0 Å². The SMILES string of the molecule is Cc1cc(C)c(S(=O)(=O)NCC2=CCNCC2)s1. The molecule has 0 saturated heterocycles. The maximum atomic E-state index is 12.2. The third-order valence-corrected chi connectivity index (χ3v) is 6.08. The molecule has 1 aromatic heterocycles. The lowest BCUT2D eigenvalue weighted by molar-refractivity contribution is 0.584. The number of rotatable bonds is 4. The van der Waals surface area contributed by atoms with Gasteiger partial charge in [-0.25, -0.2) is 13.1 Å². The van der Waals surface area contributed by atoms with E-state index in [1.54, 1.807) is 0 Å². The summed E-state index contributed by atoms with van der Waals surface area (Å²) in [5.74, 6) is 0. The van der Waals surface area contributed by atoms with Crippen LogP contribution in [0.15, 0.2) is 21.9 Å². The maximum absolute atomic E-state index is 12.2. The topological polar surface area (TPSA) is 58.2 Å². The molecule has 0 atom stereocenters. The average Bonchev–Trinajstić information content (AvgIpc) is 2.68. The van der Waals surface area contributed by atoms with E-state index in [2.05, 4.69) is 16.1 Å². The summed E-state index contributed by atoms with van der Waals surface area (Å²) in [4.78, 5) is 1.02. The molecule has 2 N–H and O–H groups in total.